The molecule has 11 aromatic rings. The van der Waals surface area contributed by atoms with Crippen LogP contribution in [0.15, 0.2) is 194 Å². The van der Waals surface area contributed by atoms with Crippen LogP contribution >= 0.6 is 0 Å². The molecule has 0 saturated carbocycles. The first kappa shape index (κ1) is 60.5. The van der Waals surface area contributed by atoms with Gasteiger partial charge in [0.2, 0.25) is 0 Å². The Morgan fingerprint density at radius 2 is 0.955 bits per heavy atom. The monoisotopic (exact) mass is 1180 g/mol. The van der Waals surface area contributed by atoms with E-state index >= 15 is 8.78 Å². The highest BCUT2D eigenvalue weighted by molar-refractivity contribution is 6.09. The largest absolute Gasteiger partial charge is 0.457 e. The normalized spacial score (nSPS) is 13.2. The molecule has 0 saturated heterocycles. The number of pyridine rings is 1. The van der Waals surface area contributed by atoms with Crippen LogP contribution < -0.4 is 14.5 Å². The summed E-state index contributed by atoms with van der Waals surface area (Å²) >= 11 is 0. The summed E-state index contributed by atoms with van der Waals surface area (Å²) in [5, 5.41) is 2.24. The van der Waals surface area contributed by atoms with E-state index in [0.29, 0.717) is 23.7 Å². The third-order valence-corrected chi connectivity index (χ3v) is 17.9. The van der Waals surface area contributed by atoms with Crippen molar-refractivity contribution in [1.29, 1.82) is 0 Å². The van der Waals surface area contributed by atoms with Gasteiger partial charge in [-0.3, -0.25) is 4.57 Å². The number of para-hydroxylation sites is 3. The van der Waals surface area contributed by atoms with E-state index in [2.05, 4.69) is 295 Å². The molecule has 0 N–H and O–H groups in total. The fourth-order valence-corrected chi connectivity index (χ4v) is 12.9. The van der Waals surface area contributed by atoms with E-state index < -0.39 is 11.6 Å². The smallest absolute Gasteiger partial charge is 0.137 e. The summed E-state index contributed by atoms with van der Waals surface area (Å²) in [6, 6.07) is 65.5. The second-order valence-electron chi connectivity index (χ2n) is 29.3. The summed E-state index contributed by atoms with van der Waals surface area (Å²) in [6.07, 6.45) is 1.92. The maximum atomic E-state index is 15.9. The van der Waals surface area contributed by atoms with Crippen molar-refractivity contribution >= 4 is 44.6 Å². The average molecular weight is 1180 g/mol. The van der Waals surface area contributed by atoms with Crippen LogP contribution in [-0.4, -0.2) is 16.2 Å². The fraction of sp³-hybridized carbons (Fsp3) is 0.280. The summed E-state index contributed by atoms with van der Waals surface area (Å²) in [6.45, 7) is 36.5. The van der Waals surface area contributed by atoms with E-state index in [1.165, 1.54) is 56.6 Å². The minimum Gasteiger partial charge on any atom is -0.457 e. The second kappa shape index (κ2) is 22.7. The zero-order valence-electron chi connectivity index (χ0n) is 54.8. The third-order valence-electron chi connectivity index (χ3n) is 17.9. The number of anilines is 4. The van der Waals surface area contributed by atoms with E-state index in [1.807, 2.05) is 6.20 Å². The van der Waals surface area contributed by atoms with E-state index in [-0.39, 0.29) is 33.5 Å². The van der Waals surface area contributed by atoms with Crippen molar-refractivity contribution in [2.75, 3.05) is 16.5 Å². The van der Waals surface area contributed by atoms with Crippen molar-refractivity contribution in [3.63, 3.8) is 0 Å². The average Bonchev–Trinajstić information content (AvgIpc) is 1.72. The highest BCUT2D eigenvalue weighted by atomic mass is 19.1. The molecule has 452 valence electrons. The summed E-state index contributed by atoms with van der Waals surface area (Å²) in [4.78, 5) is 9.75. The molecule has 9 aromatic carbocycles. The molecule has 7 heteroatoms. The molecule has 1 aliphatic heterocycles. The molecule has 89 heavy (non-hydrogen) atoms. The summed E-state index contributed by atoms with van der Waals surface area (Å²) < 4.78 is 41.4. The maximum Gasteiger partial charge on any atom is 0.137 e. The van der Waals surface area contributed by atoms with Crippen molar-refractivity contribution in [2.24, 2.45) is 0 Å². The van der Waals surface area contributed by atoms with Crippen molar-refractivity contribution in [2.45, 2.75) is 144 Å². The fourth-order valence-electron chi connectivity index (χ4n) is 12.9. The molecule has 3 heterocycles. The molecule has 0 bridgehead atoms. The molecule has 0 aliphatic carbocycles. The van der Waals surface area contributed by atoms with Crippen LogP contribution in [0.2, 0.25) is 0 Å². The lowest BCUT2D eigenvalue weighted by Gasteiger charge is -2.32. The Kier molecular flexibility index (Phi) is 15.4. The number of rotatable bonds is 11. The first-order valence-corrected chi connectivity index (χ1v) is 31.6. The molecule has 12 rings (SSSR count). The standard InChI is InChI=1S/C82H84F2N4O/c1-50(2)68-40-53(52-24-18-17-19-25-52)41-69(51(3)4)77(68)56-38-63(47-65(39-56)89-64-30-31-67-66-26-20-21-27-72(66)88(75(67)48-64)76-45-57(32-33-85-76)79(5,6)7)86-49-87(74-29-23-22-28-73(74)86)78-70(54-34-58(80(8,9)10)42-59(35-54)81(11,12)13)43-60(82(14,15)16)44-71(78)55-36-61(83)46-62(84)37-55/h17-48,50-51H,49H2,1-16H3. The Bertz CT molecular complexity index is 4440. The van der Waals surface area contributed by atoms with Crippen molar-refractivity contribution in [3.05, 3.63) is 239 Å². The van der Waals surface area contributed by atoms with Gasteiger partial charge in [-0.15, -0.1) is 0 Å². The minimum absolute atomic E-state index is 0.0799. The number of nitrogens with zero attached hydrogens (tertiary/aromatic N) is 4. The van der Waals surface area contributed by atoms with E-state index in [9.17, 15) is 0 Å². The molecular weight excluding hydrogens is 1090 g/mol. The number of benzene rings is 9. The van der Waals surface area contributed by atoms with E-state index in [0.717, 1.165) is 84.3 Å². The quantitative estimate of drug-likeness (QED) is 0.129. The van der Waals surface area contributed by atoms with Crippen LogP contribution in [0.5, 0.6) is 11.5 Å². The molecule has 0 radical (unpaired) electrons. The molecule has 0 amide bonds. The molecule has 0 fully saturated rings. The van der Waals surface area contributed by atoms with Gasteiger partial charge in [0.15, 0.2) is 0 Å². The van der Waals surface area contributed by atoms with Crippen LogP contribution in [0, 0.1) is 11.6 Å². The van der Waals surface area contributed by atoms with Gasteiger partial charge in [-0.2, -0.15) is 0 Å². The zero-order chi connectivity index (χ0) is 63.2. The number of fused-ring (bicyclic) bond motifs is 4. The van der Waals surface area contributed by atoms with Gasteiger partial charge in [-0.05, 0) is 179 Å². The van der Waals surface area contributed by atoms with Crippen molar-refractivity contribution in [1.82, 2.24) is 9.55 Å². The van der Waals surface area contributed by atoms with Crippen molar-refractivity contribution < 1.29 is 13.5 Å². The highest BCUT2D eigenvalue weighted by Crippen LogP contribution is 2.54. The Labute approximate surface area is 526 Å². The Morgan fingerprint density at radius 1 is 0.416 bits per heavy atom. The number of hydrogen-bond donors (Lipinski definition) is 0. The topological polar surface area (TPSA) is 33.5 Å². The highest BCUT2D eigenvalue weighted by Gasteiger charge is 2.35. The van der Waals surface area contributed by atoms with Gasteiger partial charge in [-0.1, -0.05) is 202 Å². The van der Waals surface area contributed by atoms with Gasteiger partial charge >= 0.3 is 0 Å². The summed E-state index contributed by atoms with van der Waals surface area (Å²) in [7, 11) is 0. The van der Waals surface area contributed by atoms with Gasteiger partial charge in [0, 0.05) is 52.0 Å². The lowest BCUT2D eigenvalue weighted by atomic mass is 9.77. The van der Waals surface area contributed by atoms with Crippen LogP contribution in [0.4, 0.5) is 31.5 Å². The van der Waals surface area contributed by atoms with Gasteiger partial charge in [-0.25, -0.2) is 13.8 Å². The Balaban J connectivity index is 1.10. The predicted molar refractivity (Wildman–Crippen MR) is 372 cm³/mol. The first-order chi connectivity index (χ1) is 42.1. The minimum atomic E-state index is -0.628. The zero-order valence-corrected chi connectivity index (χ0v) is 54.8. The number of hydrogen-bond acceptors (Lipinski definition) is 4. The molecule has 0 atom stereocenters. The van der Waals surface area contributed by atoms with E-state index in [1.54, 1.807) is 0 Å². The lowest BCUT2D eigenvalue weighted by Crippen LogP contribution is -2.25. The molecule has 5 nitrogen and oxygen atoms in total. The Hall–Kier alpha value is -8.81. The number of aromatic nitrogens is 2. The van der Waals surface area contributed by atoms with Crippen LogP contribution in [0.3, 0.4) is 0 Å². The predicted octanol–water partition coefficient (Wildman–Crippen LogP) is 23.6. The molecule has 0 spiro atoms. The number of ether oxygens (including phenoxy) is 1. The van der Waals surface area contributed by atoms with Crippen LogP contribution in [0.25, 0.3) is 72.1 Å². The molecular formula is C82H84F2N4O. The van der Waals surface area contributed by atoms with Crippen molar-refractivity contribution in [3.8, 4) is 61.8 Å². The maximum absolute atomic E-state index is 15.9. The third kappa shape index (κ3) is 11.8. The van der Waals surface area contributed by atoms with Gasteiger partial charge in [0.1, 0.15) is 35.6 Å². The lowest BCUT2D eigenvalue weighted by molar-refractivity contribution is 0.483. The van der Waals surface area contributed by atoms with Gasteiger partial charge in [0.05, 0.1) is 28.1 Å². The van der Waals surface area contributed by atoms with E-state index in [4.69, 9.17) is 9.72 Å². The SMILES string of the molecule is CC(C)c1cc(-c2ccccc2)cc(C(C)C)c1-c1cc(Oc2ccc3c4ccccc4n(-c4cc(C(C)(C)C)ccn4)c3c2)cc(N2CN(c3c(-c4cc(F)cc(F)c4)cc(C(C)(C)C)cc3-c3cc(C(C)(C)C)cc(C(C)(C)C)c3)c3ccccc32)c1. The Morgan fingerprint density at radius 3 is 1.55 bits per heavy atom. The van der Waals surface area contributed by atoms with Gasteiger partial charge < -0.3 is 14.5 Å². The first-order valence-electron chi connectivity index (χ1n) is 31.6. The molecule has 2 aromatic heterocycles. The second-order valence-corrected chi connectivity index (χ2v) is 29.3. The number of halogens is 2. The molecule has 1 aliphatic rings. The van der Waals surface area contributed by atoms with Crippen LogP contribution in [0.1, 0.15) is 156 Å². The summed E-state index contributed by atoms with van der Waals surface area (Å²) in [5.41, 5.74) is 20.1. The van der Waals surface area contributed by atoms with Crippen LogP contribution in [-0.2, 0) is 21.7 Å². The van der Waals surface area contributed by atoms with Gasteiger partial charge in [0.25, 0.3) is 0 Å². The summed E-state index contributed by atoms with van der Waals surface area (Å²) in [5.74, 6) is 1.31. The molecule has 0 unspecified atom stereocenters.